The number of nitrogens with zero attached hydrogens (tertiary/aromatic N) is 1. The van der Waals surface area contributed by atoms with E-state index < -0.39 is 6.10 Å². The van der Waals surface area contributed by atoms with E-state index in [-0.39, 0.29) is 23.5 Å². The van der Waals surface area contributed by atoms with Crippen molar-refractivity contribution in [1.82, 2.24) is 0 Å². The number of carbonyl (C=O) groups is 2. The summed E-state index contributed by atoms with van der Waals surface area (Å²) in [6, 6.07) is 11.5. The summed E-state index contributed by atoms with van der Waals surface area (Å²) >= 11 is 0. The van der Waals surface area contributed by atoms with Crippen LogP contribution in [0.3, 0.4) is 0 Å². The molecule has 0 aliphatic carbocycles. The van der Waals surface area contributed by atoms with Gasteiger partial charge in [-0.1, -0.05) is 12.1 Å². The van der Waals surface area contributed by atoms with Gasteiger partial charge in [0.25, 0.3) is 5.91 Å². The monoisotopic (exact) mass is 384 g/mol. The van der Waals surface area contributed by atoms with Crippen molar-refractivity contribution < 1.29 is 18.7 Å². The Bertz CT molecular complexity index is 867. The molecule has 2 amide bonds. The van der Waals surface area contributed by atoms with E-state index in [4.69, 9.17) is 4.74 Å². The summed E-state index contributed by atoms with van der Waals surface area (Å²) in [5.41, 5.74) is 3.38. The lowest BCUT2D eigenvalue weighted by atomic mass is 9.93. The quantitative estimate of drug-likeness (QED) is 0.851. The van der Waals surface area contributed by atoms with Crippen LogP contribution in [0.15, 0.2) is 42.5 Å². The Morgan fingerprint density at radius 3 is 2.54 bits per heavy atom. The average molecular weight is 384 g/mol. The molecule has 0 spiro atoms. The molecule has 2 aromatic carbocycles. The first kappa shape index (κ1) is 20.0. The molecule has 0 saturated heterocycles. The molecule has 1 aliphatic rings. The first-order valence-corrected chi connectivity index (χ1v) is 9.44. The predicted octanol–water partition coefficient (Wildman–Crippen LogP) is 3.88. The maximum atomic E-state index is 13.0. The third-order valence-electron chi connectivity index (χ3n) is 5.19. The van der Waals surface area contributed by atoms with E-state index in [9.17, 15) is 14.0 Å². The summed E-state index contributed by atoms with van der Waals surface area (Å²) < 4.78 is 18.2. The average Bonchev–Trinajstić information content (AvgIpc) is 2.72. The smallest absolute Gasteiger partial charge is 0.255 e. The highest BCUT2D eigenvalue weighted by Crippen LogP contribution is 2.31. The van der Waals surface area contributed by atoms with Crippen LogP contribution < -0.4 is 10.2 Å². The second kappa shape index (κ2) is 8.52. The van der Waals surface area contributed by atoms with Crippen molar-refractivity contribution in [3.8, 4) is 0 Å². The molecule has 0 aromatic heterocycles. The maximum Gasteiger partial charge on any atom is 0.255 e. The van der Waals surface area contributed by atoms with Gasteiger partial charge in [-0.05, 0) is 68.1 Å². The Morgan fingerprint density at radius 2 is 1.86 bits per heavy atom. The third kappa shape index (κ3) is 4.22. The molecule has 0 bridgehead atoms. The van der Waals surface area contributed by atoms with E-state index in [1.54, 1.807) is 11.8 Å². The van der Waals surface area contributed by atoms with Crippen LogP contribution in [0.5, 0.6) is 0 Å². The van der Waals surface area contributed by atoms with E-state index in [2.05, 4.69) is 5.32 Å². The lowest BCUT2D eigenvalue weighted by Gasteiger charge is -2.31. The molecule has 148 valence electrons. The first-order chi connectivity index (χ1) is 13.4. The molecule has 3 rings (SSSR count). The summed E-state index contributed by atoms with van der Waals surface area (Å²) in [4.78, 5) is 26.9. The Kier molecular flexibility index (Phi) is 6.09. The van der Waals surface area contributed by atoms with Crippen LogP contribution in [0.1, 0.15) is 37.3 Å². The SMILES string of the molecule is CO[C@@H](C)C(=O)N1CCCc2cc([C@H](C)C(=O)Nc3ccc(F)cc3)ccc21. The molecule has 28 heavy (non-hydrogen) atoms. The number of rotatable bonds is 5. The molecule has 1 heterocycles. The highest BCUT2D eigenvalue weighted by Gasteiger charge is 2.27. The van der Waals surface area contributed by atoms with Crippen LogP contribution in [-0.2, 0) is 20.7 Å². The molecule has 0 unspecified atom stereocenters. The van der Waals surface area contributed by atoms with Crippen molar-refractivity contribution in [2.24, 2.45) is 0 Å². The minimum absolute atomic E-state index is 0.0571. The van der Waals surface area contributed by atoms with Crippen LogP contribution >= 0.6 is 0 Å². The summed E-state index contributed by atoms with van der Waals surface area (Å²) in [6.07, 6.45) is 1.24. The second-order valence-electron chi connectivity index (χ2n) is 7.08. The van der Waals surface area contributed by atoms with Crippen molar-refractivity contribution in [2.75, 3.05) is 23.9 Å². The highest BCUT2D eigenvalue weighted by atomic mass is 19.1. The van der Waals surface area contributed by atoms with Gasteiger partial charge in [0.2, 0.25) is 5.91 Å². The number of amides is 2. The summed E-state index contributed by atoms with van der Waals surface area (Å²) in [5.74, 6) is -0.941. The number of benzene rings is 2. The number of carbonyl (C=O) groups excluding carboxylic acids is 2. The zero-order chi connectivity index (χ0) is 20.3. The van der Waals surface area contributed by atoms with Crippen molar-refractivity contribution in [3.63, 3.8) is 0 Å². The largest absolute Gasteiger partial charge is 0.372 e. The van der Waals surface area contributed by atoms with Crippen LogP contribution in [0, 0.1) is 5.82 Å². The van der Waals surface area contributed by atoms with Gasteiger partial charge >= 0.3 is 0 Å². The number of fused-ring (bicyclic) bond motifs is 1. The lowest BCUT2D eigenvalue weighted by Crippen LogP contribution is -2.41. The maximum absolute atomic E-state index is 13.0. The summed E-state index contributed by atoms with van der Waals surface area (Å²) in [6.45, 7) is 4.24. The Hall–Kier alpha value is -2.73. The van der Waals surface area contributed by atoms with E-state index in [1.807, 2.05) is 25.1 Å². The number of methoxy groups -OCH3 is 1. The number of nitrogens with one attached hydrogen (secondary N) is 1. The van der Waals surface area contributed by atoms with Crippen molar-refractivity contribution in [1.29, 1.82) is 0 Å². The van der Waals surface area contributed by atoms with Crippen LogP contribution in [-0.4, -0.2) is 31.6 Å². The standard InChI is InChI=1S/C22H25FN2O3/c1-14(21(26)24-19-9-7-18(23)8-10-19)16-6-11-20-17(13-16)5-4-12-25(20)22(27)15(2)28-3/h6-11,13-15H,4-5,12H2,1-3H3,(H,24,26)/t14-,15-/m0/s1. The topological polar surface area (TPSA) is 58.6 Å². The minimum atomic E-state index is -0.494. The van der Waals surface area contributed by atoms with E-state index in [0.717, 1.165) is 29.7 Å². The molecule has 0 saturated carbocycles. The van der Waals surface area contributed by atoms with Crippen LogP contribution in [0.4, 0.5) is 15.8 Å². The lowest BCUT2D eigenvalue weighted by molar-refractivity contribution is -0.127. The van der Waals surface area contributed by atoms with E-state index in [0.29, 0.717) is 12.2 Å². The Morgan fingerprint density at radius 1 is 1.14 bits per heavy atom. The predicted molar refractivity (Wildman–Crippen MR) is 107 cm³/mol. The van der Waals surface area contributed by atoms with Crippen molar-refractivity contribution in [2.45, 2.75) is 38.7 Å². The van der Waals surface area contributed by atoms with E-state index in [1.165, 1.54) is 31.4 Å². The van der Waals surface area contributed by atoms with Gasteiger partial charge in [-0.15, -0.1) is 0 Å². The Labute approximate surface area is 164 Å². The van der Waals surface area contributed by atoms with Crippen molar-refractivity contribution >= 4 is 23.2 Å². The number of hydrogen-bond donors (Lipinski definition) is 1. The van der Waals surface area contributed by atoms with Crippen LogP contribution in [0.2, 0.25) is 0 Å². The number of hydrogen-bond acceptors (Lipinski definition) is 3. The van der Waals surface area contributed by atoms with Gasteiger partial charge in [-0.2, -0.15) is 0 Å². The molecule has 2 atom stereocenters. The second-order valence-corrected chi connectivity index (χ2v) is 7.08. The number of aryl methyl sites for hydroxylation is 1. The molecular formula is C22H25FN2O3. The van der Waals surface area contributed by atoms with Crippen LogP contribution in [0.25, 0.3) is 0 Å². The van der Waals surface area contributed by atoms with Gasteiger partial charge in [-0.25, -0.2) is 4.39 Å². The fourth-order valence-corrected chi connectivity index (χ4v) is 3.37. The molecule has 0 fully saturated rings. The first-order valence-electron chi connectivity index (χ1n) is 9.44. The van der Waals surface area contributed by atoms with Gasteiger partial charge in [0.15, 0.2) is 0 Å². The fraction of sp³-hybridized carbons (Fsp3) is 0.364. The normalized spacial score (nSPS) is 15.5. The molecular weight excluding hydrogens is 359 g/mol. The number of halogens is 1. The fourth-order valence-electron chi connectivity index (χ4n) is 3.37. The third-order valence-corrected chi connectivity index (χ3v) is 5.19. The zero-order valence-electron chi connectivity index (χ0n) is 16.4. The highest BCUT2D eigenvalue weighted by molar-refractivity contribution is 5.98. The van der Waals surface area contributed by atoms with Gasteiger partial charge in [0, 0.05) is 25.0 Å². The molecule has 2 aromatic rings. The van der Waals surface area contributed by atoms with E-state index >= 15 is 0 Å². The summed E-state index contributed by atoms with van der Waals surface area (Å²) in [5, 5.41) is 2.81. The number of anilines is 2. The number of ether oxygens (including phenoxy) is 1. The molecule has 1 aliphatic heterocycles. The molecule has 0 radical (unpaired) electrons. The zero-order valence-corrected chi connectivity index (χ0v) is 16.4. The Balaban J connectivity index is 1.77. The molecule has 6 heteroatoms. The van der Waals surface area contributed by atoms with Crippen molar-refractivity contribution in [3.05, 3.63) is 59.4 Å². The van der Waals surface area contributed by atoms with Gasteiger partial charge in [0.1, 0.15) is 11.9 Å². The molecule has 1 N–H and O–H groups in total. The molecule has 5 nitrogen and oxygen atoms in total. The summed E-state index contributed by atoms with van der Waals surface area (Å²) in [7, 11) is 1.53. The van der Waals surface area contributed by atoms with Gasteiger partial charge < -0.3 is 15.0 Å². The van der Waals surface area contributed by atoms with Gasteiger partial charge in [0.05, 0.1) is 5.92 Å². The van der Waals surface area contributed by atoms with Gasteiger partial charge in [-0.3, -0.25) is 9.59 Å². The minimum Gasteiger partial charge on any atom is -0.372 e.